The normalized spacial score (nSPS) is 11.2. The van der Waals surface area contributed by atoms with Crippen molar-refractivity contribution in [3.63, 3.8) is 0 Å². The van der Waals surface area contributed by atoms with Gasteiger partial charge in [-0.05, 0) is 5.56 Å². The maximum absolute atomic E-state index is 11.7. The van der Waals surface area contributed by atoms with Crippen LogP contribution in [0.3, 0.4) is 0 Å². The molecule has 3 N–H and O–H groups in total. The van der Waals surface area contributed by atoms with Crippen LogP contribution in [0.5, 0.6) is 0 Å². The Morgan fingerprint density at radius 2 is 1.81 bits per heavy atom. The number of ether oxygens (including phenoxy) is 2. The van der Waals surface area contributed by atoms with Crippen molar-refractivity contribution in [2.75, 3.05) is 26.8 Å². The van der Waals surface area contributed by atoms with E-state index in [1.54, 1.807) is 6.92 Å². The van der Waals surface area contributed by atoms with E-state index in [0.717, 1.165) is 10.5 Å². The average Bonchev–Trinajstić information content (AvgIpc) is 2.58. The number of carboxylic acids is 1. The standard InChI is InChI=1S/C17H23N3O6/c1-12(10-25-15(23)8-13-6-4-3-5-7-13)11-26-17(24)19-16(18)20(2)9-14(21)22/h3-7,12H,8-11H2,1-2H3,(H,21,22)(H2,18,19,24). The molecular weight excluding hydrogens is 342 g/mol. The van der Waals surface area contributed by atoms with Crippen molar-refractivity contribution in [2.24, 2.45) is 5.92 Å². The van der Waals surface area contributed by atoms with Gasteiger partial charge in [0, 0.05) is 13.0 Å². The largest absolute Gasteiger partial charge is 0.480 e. The lowest BCUT2D eigenvalue weighted by Crippen LogP contribution is -2.44. The molecule has 0 saturated heterocycles. The van der Waals surface area contributed by atoms with Gasteiger partial charge in [0.1, 0.15) is 6.54 Å². The molecule has 0 heterocycles. The molecule has 1 unspecified atom stereocenters. The number of aliphatic carboxylic acids is 1. The number of amides is 1. The first kappa shape index (κ1) is 20.9. The number of hydrogen-bond donors (Lipinski definition) is 3. The van der Waals surface area contributed by atoms with E-state index >= 15 is 0 Å². The van der Waals surface area contributed by atoms with E-state index in [-0.39, 0.29) is 37.5 Å². The van der Waals surface area contributed by atoms with Crippen molar-refractivity contribution in [1.82, 2.24) is 10.2 Å². The molecule has 1 rings (SSSR count). The molecular formula is C17H23N3O6. The van der Waals surface area contributed by atoms with Gasteiger partial charge in [-0.3, -0.25) is 20.3 Å². The number of nitrogens with one attached hydrogen (secondary N) is 2. The summed E-state index contributed by atoms with van der Waals surface area (Å²) in [6.07, 6.45) is -0.711. The Hall–Kier alpha value is -3.10. The second kappa shape index (κ2) is 10.7. The fourth-order valence-corrected chi connectivity index (χ4v) is 1.82. The number of carbonyl (C=O) groups excluding carboxylic acids is 2. The second-order valence-electron chi connectivity index (χ2n) is 5.77. The molecule has 26 heavy (non-hydrogen) atoms. The van der Waals surface area contributed by atoms with Crippen molar-refractivity contribution in [2.45, 2.75) is 13.3 Å². The molecule has 9 nitrogen and oxygen atoms in total. The summed E-state index contributed by atoms with van der Waals surface area (Å²) in [6.45, 7) is 1.40. The molecule has 0 radical (unpaired) electrons. The molecule has 0 aliphatic carbocycles. The third-order valence-corrected chi connectivity index (χ3v) is 3.19. The number of guanidine groups is 1. The quantitative estimate of drug-likeness (QED) is 0.357. The van der Waals surface area contributed by atoms with Crippen molar-refractivity contribution >= 4 is 24.0 Å². The minimum Gasteiger partial charge on any atom is -0.480 e. The van der Waals surface area contributed by atoms with Crippen LogP contribution in [0.4, 0.5) is 4.79 Å². The van der Waals surface area contributed by atoms with Crippen LogP contribution in [-0.4, -0.2) is 60.8 Å². The number of alkyl carbamates (subject to hydrolysis) is 1. The lowest BCUT2D eigenvalue weighted by atomic mass is 10.1. The molecule has 1 atom stereocenters. The maximum atomic E-state index is 11.7. The number of carboxylic acid groups (broad SMARTS) is 1. The molecule has 9 heteroatoms. The highest BCUT2D eigenvalue weighted by Gasteiger charge is 2.14. The summed E-state index contributed by atoms with van der Waals surface area (Å²) in [5.74, 6) is -2.12. The summed E-state index contributed by atoms with van der Waals surface area (Å²) in [5, 5.41) is 18.3. The first-order chi connectivity index (χ1) is 12.3. The smallest absolute Gasteiger partial charge is 0.413 e. The topological polar surface area (TPSA) is 129 Å². The van der Waals surface area contributed by atoms with Gasteiger partial charge in [-0.1, -0.05) is 37.3 Å². The minimum absolute atomic E-state index is 0.0135. The molecule has 142 valence electrons. The lowest BCUT2D eigenvalue weighted by molar-refractivity contribution is -0.144. The molecule has 1 aromatic carbocycles. The average molecular weight is 365 g/mol. The number of hydrogen-bond acceptors (Lipinski definition) is 6. The molecule has 0 aliphatic heterocycles. The van der Waals surface area contributed by atoms with Gasteiger partial charge in [-0.15, -0.1) is 0 Å². The Kier molecular flexibility index (Phi) is 8.62. The van der Waals surface area contributed by atoms with Crippen LogP contribution in [0.2, 0.25) is 0 Å². The summed E-state index contributed by atoms with van der Waals surface area (Å²) in [7, 11) is 1.35. The van der Waals surface area contributed by atoms with Crippen LogP contribution < -0.4 is 5.32 Å². The minimum atomic E-state index is -1.13. The first-order valence-corrected chi connectivity index (χ1v) is 7.92. The van der Waals surface area contributed by atoms with Crippen molar-refractivity contribution in [3.05, 3.63) is 35.9 Å². The van der Waals surface area contributed by atoms with Gasteiger partial charge in [-0.25, -0.2) is 4.79 Å². The summed E-state index contributed by atoms with van der Waals surface area (Å²) in [5.41, 5.74) is 0.852. The summed E-state index contributed by atoms with van der Waals surface area (Å²) in [4.78, 5) is 34.9. The van der Waals surface area contributed by atoms with E-state index in [2.05, 4.69) is 5.32 Å². The fraction of sp³-hybridized carbons (Fsp3) is 0.412. The maximum Gasteiger partial charge on any atom is 0.413 e. The zero-order chi connectivity index (χ0) is 19.5. The monoisotopic (exact) mass is 365 g/mol. The highest BCUT2D eigenvalue weighted by atomic mass is 16.6. The van der Waals surface area contributed by atoms with Gasteiger partial charge < -0.3 is 19.5 Å². The van der Waals surface area contributed by atoms with E-state index in [4.69, 9.17) is 20.0 Å². The number of rotatable bonds is 8. The Bertz CT molecular complexity index is 635. The fourth-order valence-electron chi connectivity index (χ4n) is 1.82. The molecule has 0 aromatic heterocycles. The Labute approximate surface area is 151 Å². The molecule has 1 aromatic rings. The van der Waals surface area contributed by atoms with Crippen LogP contribution in [0, 0.1) is 11.3 Å². The number of nitrogens with zero attached hydrogens (tertiary/aromatic N) is 1. The molecule has 1 amide bonds. The van der Waals surface area contributed by atoms with Gasteiger partial charge >= 0.3 is 18.0 Å². The number of likely N-dealkylation sites (N-methyl/N-ethyl adjacent to an activating group) is 1. The van der Waals surface area contributed by atoms with Crippen LogP contribution >= 0.6 is 0 Å². The van der Waals surface area contributed by atoms with E-state index < -0.39 is 18.6 Å². The SMILES string of the molecule is CC(COC(=O)Cc1ccccc1)COC(=O)NC(=N)N(C)CC(=O)O. The molecule has 0 aliphatic rings. The van der Waals surface area contributed by atoms with Gasteiger partial charge in [-0.2, -0.15) is 0 Å². The predicted octanol–water partition coefficient (Wildman–Crippen LogP) is 1.09. The lowest BCUT2D eigenvalue weighted by Gasteiger charge is -2.18. The van der Waals surface area contributed by atoms with Crippen LogP contribution in [0.1, 0.15) is 12.5 Å². The Morgan fingerprint density at radius 1 is 1.19 bits per heavy atom. The van der Waals surface area contributed by atoms with Gasteiger partial charge in [0.2, 0.25) is 5.96 Å². The predicted molar refractivity (Wildman–Crippen MR) is 92.7 cm³/mol. The van der Waals surface area contributed by atoms with Crippen LogP contribution in [-0.2, 0) is 25.5 Å². The Morgan fingerprint density at radius 3 is 2.42 bits per heavy atom. The Balaban J connectivity index is 2.23. The van der Waals surface area contributed by atoms with Gasteiger partial charge in [0.05, 0.1) is 19.6 Å². The summed E-state index contributed by atoms with van der Waals surface area (Å²) >= 11 is 0. The highest BCUT2D eigenvalue weighted by molar-refractivity contribution is 5.93. The third kappa shape index (κ3) is 8.67. The molecule has 0 fully saturated rings. The van der Waals surface area contributed by atoms with E-state index in [1.807, 2.05) is 30.3 Å². The molecule has 0 spiro atoms. The van der Waals surface area contributed by atoms with Gasteiger partial charge in [0.25, 0.3) is 0 Å². The molecule has 0 bridgehead atoms. The number of carbonyl (C=O) groups is 3. The molecule has 0 saturated carbocycles. The highest BCUT2D eigenvalue weighted by Crippen LogP contribution is 2.03. The zero-order valence-electron chi connectivity index (χ0n) is 14.7. The summed E-state index contributed by atoms with van der Waals surface area (Å²) in [6, 6.07) is 9.19. The van der Waals surface area contributed by atoms with E-state index in [0.29, 0.717) is 0 Å². The second-order valence-corrected chi connectivity index (χ2v) is 5.77. The zero-order valence-corrected chi connectivity index (χ0v) is 14.7. The van der Waals surface area contributed by atoms with E-state index in [1.165, 1.54) is 7.05 Å². The van der Waals surface area contributed by atoms with Crippen molar-refractivity contribution in [1.29, 1.82) is 5.41 Å². The van der Waals surface area contributed by atoms with Crippen LogP contribution in [0.15, 0.2) is 30.3 Å². The van der Waals surface area contributed by atoms with Crippen LogP contribution in [0.25, 0.3) is 0 Å². The third-order valence-electron chi connectivity index (χ3n) is 3.19. The first-order valence-electron chi connectivity index (χ1n) is 7.92. The van der Waals surface area contributed by atoms with Crippen molar-refractivity contribution < 1.29 is 29.0 Å². The van der Waals surface area contributed by atoms with E-state index in [9.17, 15) is 14.4 Å². The number of esters is 1. The number of benzene rings is 1. The summed E-state index contributed by atoms with van der Waals surface area (Å²) < 4.78 is 10.1. The van der Waals surface area contributed by atoms with Gasteiger partial charge in [0.15, 0.2) is 0 Å². The van der Waals surface area contributed by atoms with Crippen molar-refractivity contribution in [3.8, 4) is 0 Å².